The van der Waals surface area contributed by atoms with Crippen molar-refractivity contribution in [2.45, 2.75) is 64.3 Å². The zero-order chi connectivity index (χ0) is 30.8. The predicted molar refractivity (Wildman–Crippen MR) is 171 cm³/mol. The zero-order valence-corrected chi connectivity index (χ0v) is 27.5. The largest absolute Gasteiger partial charge is 0.376 e. The van der Waals surface area contributed by atoms with E-state index in [4.69, 9.17) is 31.8 Å². The third-order valence-corrected chi connectivity index (χ3v) is 11.4. The second-order valence-corrected chi connectivity index (χ2v) is 19.5. The highest BCUT2D eigenvalue weighted by Gasteiger charge is 2.48. The molecule has 0 radical (unpaired) electrons. The van der Waals surface area contributed by atoms with Gasteiger partial charge in [0.25, 0.3) is 5.56 Å². The number of benzene rings is 1. The molecule has 13 heteroatoms. The molecule has 0 bridgehead atoms. The summed E-state index contributed by atoms with van der Waals surface area (Å²) in [5.74, 6) is 0.0789. The molecule has 0 amide bonds. The number of nitrogens with two attached hydrogens (primary N) is 1. The van der Waals surface area contributed by atoms with Crippen LogP contribution in [0.4, 0.5) is 10.3 Å². The number of hydrogen-bond donors (Lipinski definition) is 1. The number of nitrogens with zero attached hydrogens (tertiary/aromatic N) is 6. The molecule has 232 valence electrons. The van der Waals surface area contributed by atoms with Crippen LogP contribution in [0, 0.1) is 11.2 Å². The number of ether oxygens (including phenoxy) is 2. The SMILES string of the molecule is C[C@@H]1OCC2(CCN(c3nc4c(c(-c5cc(F)c6nn(C)cc6c5Cl)cn4COCC[Si](C)(C)C)c(=O)n3C)CC2)[C@@H]1N. The van der Waals surface area contributed by atoms with E-state index in [9.17, 15) is 4.79 Å². The fraction of sp³-hybridized carbons (Fsp3) is 0.567. The maximum atomic E-state index is 15.3. The molecule has 0 aliphatic carbocycles. The summed E-state index contributed by atoms with van der Waals surface area (Å²) in [4.78, 5) is 21.3. The van der Waals surface area contributed by atoms with Gasteiger partial charge in [-0.3, -0.25) is 14.0 Å². The Bertz CT molecular complexity index is 1750. The molecular weight excluding hydrogens is 589 g/mol. The zero-order valence-electron chi connectivity index (χ0n) is 25.8. The number of fused-ring (bicyclic) bond motifs is 2. The van der Waals surface area contributed by atoms with Crippen molar-refractivity contribution in [2.24, 2.45) is 25.2 Å². The summed E-state index contributed by atoms with van der Waals surface area (Å²) in [6, 6.07) is 2.35. The predicted octanol–water partition coefficient (Wildman–Crippen LogP) is 4.73. The number of rotatable bonds is 7. The Morgan fingerprint density at radius 1 is 1.21 bits per heavy atom. The molecular formula is C30H41ClFN7O3Si. The van der Waals surface area contributed by atoms with Crippen molar-refractivity contribution in [2.75, 3.05) is 31.2 Å². The first-order chi connectivity index (χ1) is 20.3. The molecule has 10 nitrogen and oxygen atoms in total. The van der Waals surface area contributed by atoms with Crippen LogP contribution in [0.1, 0.15) is 19.8 Å². The van der Waals surface area contributed by atoms with Gasteiger partial charge in [0.1, 0.15) is 12.2 Å². The van der Waals surface area contributed by atoms with Gasteiger partial charge in [0.2, 0.25) is 5.95 Å². The van der Waals surface area contributed by atoms with Gasteiger partial charge in [0, 0.05) is 82.2 Å². The minimum absolute atomic E-state index is 0.00990. The molecule has 4 aromatic rings. The van der Waals surface area contributed by atoms with E-state index in [-0.39, 0.29) is 35.4 Å². The average molecular weight is 630 g/mol. The summed E-state index contributed by atoms with van der Waals surface area (Å²) in [5.41, 5.74) is 7.87. The van der Waals surface area contributed by atoms with Crippen molar-refractivity contribution in [3.05, 3.63) is 39.7 Å². The van der Waals surface area contributed by atoms with Crippen LogP contribution < -0.4 is 16.2 Å². The van der Waals surface area contributed by atoms with E-state index in [1.54, 1.807) is 24.9 Å². The lowest BCUT2D eigenvalue weighted by atomic mass is 9.73. The van der Waals surface area contributed by atoms with Crippen molar-refractivity contribution in [1.29, 1.82) is 0 Å². The first kappa shape index (κ1) is 30.3. The smallest absolute Gasteiger partial charge is 0.264 e. The minimum atomic E-state index is -1.30. The van der Waals surface area contributed by atoms with Crippen LogP contribution in [0.5, 0.6) is 0 Å². The second kappa shape index (κ2) is 11.0. The molecule has 1 spiro atoms. The van der Waals surface area contributed by atoms with Crippen molar-refractivity contribution in [1.82, 2.24) is 23.9 Å². The van der Waals surface area contributed by atoms with E-state index < -0.39 is 13.9 Å². The fourth-order valence-corrected chi connectivity index (χ4v) is 7.53. The van der Waals surface area contributed by atoms with E-state index in [0.29, 0.717) is 64.8 Å². The number of anilines is 1. The van der Waals surface area contributed by atoms with Gasteiger partial charge in [0.15, 0.2) is 11.5 Å². The Balaban J connectivity index is 1.43. The number of aryl methyl sites for hydroxylation is 1. The second-order valence-electron chi connectivity index (χ2n) is 13.5. The van der Waals surface area contributed by atoms with Crippen LogP contribution in [0.3, 0.4) is 0 Å². The van der Waals surface area contributed by atoms with Crippen LogP contribution in [0.15, 0.2) is 23.3 Å². The molecule has 2 saturated heterocycles. The third-order valence-electron chi connectivity index (χ3n) is 9.28. The Labute approximate surface area is 256 Å². The number of hydrogen-bond acceptors (Lipinski definition) is 7. The highest BCUT2D eigenvalue weighted by molar-refractivity contribution is 6.76. The standard InChI is InChI=1S/C30H41ClFN7O3Si/c1-18-26(33)30(16-42-18)7-9-38(10-8-30)29-34-27-23(28(40)37(29)3)20(15-39(27)17-41-11-12-43(4,5)6)19-13-22(32)25-21(24(19)31)14-36(2)35-25/h13-15,18,26H,7-12,16-17,33H2,1-6H3/t18-,26+/m0/s1. The van der Waals surface area contributed by atoms with Crippen LogP contribution in [-0.4, -0.2) is 70.4 Å². The molecule has 0 saturated carbocycles. The van der Waals surface area contributed by atoms with E-state index in [1.807, 2.05) is 17.7 Å². The van der Waals surface area contributed by atoms with E-state index >= 15 is 4.39 Å². The number of halogens is 2. The molecule has 2 fully saturated rings. The van der Waals surface area contributed by atoms with Gasteiger partial charge in [-0.25, -0.2) is 4.39 Å². The molecule has 2 atom stereocenters. The molecule has 2 aliphatic rings. The molecule has 0 unspecified atom stereocenters. The summed E-state index contributed by atoms with van der Waals surface area (Å²) < 4.78 is 32.2. The van der Waals surface area contributed by atoms with Crippen LogP contribution in [0.2, 0.25) is 30.7 Å². The van der Waals surface area contributed by atoms with E-state index in [1.165, 1.54) is 10.7 Å². The van der Waals surface area contributed by atoms with E-state index in [2.05, 4.69) is 29.6 Å². The Morgan fingerprint density at radius 3 is 2.58 bits per heavy atom. The Kier molecular flexibility index (Phi) is 7.73. The summed E-state index contributed by atoms with van der Waals surface area (Å²) in [7, 11) is 2.15. The van der Waals surface area contributed by atoms with Crippen LogP contribution >= 0.6 is 11.6 Å². The average Bonchev–Trinajstić information content (AvgIpc) is 3.61. The maximum absolute atomic E-state index is 15.3. The molecule has 6 rings (SSSR count). The molecule has 1 aromatic carbocycles. The van der Waals surface area contributed by atoms with Gasteiger partial charge in [-0.05, 0) is 31.9 Å². The normalized spacial score (nSPS) is 20.7. The summed E-state index contributed by atoms with van der Waals surface area (Å²) in [6.07, 6.45) is 5.25. The molecule has 43 heavy (non-hydrogen) atoms. The van der Waals surface area contributed by atoms with Crippen molar-refractivity contribution in [3.63, 3.8) is 0 Å². The van der Waals surface area contributed by atoms with Gasteiger partial charge in [-0.15, -0.1) is 0 Å². The first-order valence-electron chi connectivity index (χ1n) is 14.9. The topological polar surface area (TPSA) is 105 Å². The van der Waals surface area contributed by atoms with Crippen LogP contribution in [-0.2, 0) is 30.3 Å². The maximum Gasteiger partial charge on any atom is 0.264 e. The van der Waals surface area contributed by atoms with E-state index in [0.717, 1.165) is 18.9 Å². The Hall–Kier alpha value is -2.77. The monoisotopic (exact) mass is 629 g/mol. The lowest BCUT2D eigenvalue weighted by molar-refractivity contribution is 0.0899. The fourth-order valence-electron chi connectivity index (χ4n) is 6.48. The molecule has 2 N–H and O–H groups in total. The van der Waals surface area contributed by atoms with Gasteiger partial charge < -0.3 is 24.7 Å². The summed E-state index contributed by atoms with van der Waals surface area (Å²) >= 11 is 6.86. The highest BCUT2D eigenvalue weighted by atomic mass is 35.5. The summed E-state index contributed by atoms with van der Waals surface area (Å²) in [6.45, 7) is 11.8. The highest BCUT2D eigenvalue weighted by Crippen LogP contribution is 2.42. The van der Waals surface area contributed by atoms with Crippen molar-refractivity contribution in [3.8, 4) is 11.1 Å². The minimum Gasteiger partial charge on any atom is -0.376 e. The summed E-state index contributed by atoms with van der Waals surface area (Å²) in [5, 5.41) is 5.40. The quantitative estimate of drug-likeness (QED) is 0.233. The van der Waals surface area contributed by atoms with Crippen LogP contribution in [0.25, 0.3) is 33.1 Å². The lowest BCUT2D eigenvalue weighted by Crippen LogP contribution is -2.51. The third kappa shape index (κ3) is 5.31. The first-order valence-corrected chi connectivity index (χ1v) is 19.0. The number of aromatic nitrogens is 5. The van der Waals surface area contributed by atoms with Gasteiger partial charge >= 0.3 is 0 Å². The van der Waals surface area contributed by atoms with Gasteiger partial charge in [0.05, 0.1) is 23.1 Å². The van der Waals surface area contributed by atoms with Crippen molar-refractivity contribution < 1.29 is 13.9 Å². The molecule has 5 heterocycles. The van der Waals surface area contributed by atoms with Gasteiger partial charge in [-0.1, -0.05) is 31.2 Å². The number of piperidine rings is 1. The van der Waals surface area contributed by atoms with Crippen molar-refractivity contribution >= 4 is 47.6 Å². The lowest BCUT2D eigenvalue weighted by Gasteiger charge is -2.41. The Morgan fingerprint density at radius 2 is 1.93 bits per heavy atom. The van der Waals surface area contributed by atoms with Gasteiger partial charge in [-0.2, -0.15) is 10.1 Å². The molecule has 2 aliphatic heterocycles. The molecule has 3 aromatic heterocycles.